The second kappa shape index (κ2) is 12.9. The van der Waals surface area contributed by atoms with E-state index in [4.69, 9.17) is 30.3 Å². The van der Waals surface area contributed by atoms with Crippen molar-refractivity contribution >= 4 is 18.5 Å². The van der Waals surface area contributed by atoms with Crippen molar-refractivity contribution in [3.63, 3.8) is 0 Å². The van der Waals surface area contributed by atoms with Gasteiger partial charge in [-0.15, -0.1) is 0 Å². The van der Waals surface area contributed by atoms with Crippen molar-refractivity contribution in [2.24, 2.45) is 0 Å². The predicted octanol–water partition coefficient (Wildman–Crippen LogP) is -0.737. The lowest BCUT2D eigenvalue weighted by Gasteiger charge is -2.24. The highest BCUT2D eigenvalue weighted by molar-refractivity contribution is 8.07. The molecule has 3 unspecified atom stereocenters. The Bertz CT molecular complexity index is 1440. The predicted molar refractivity (Wildman–Crippen MR) is 142 cm³/mol. The van der Waals surface area contributed by atoms with E-state index in [2.05, 4.69) is 9.97 Å². The lowest BCUT2D eigenvalue weighted by molar-refractivity contribution is -0.0531. The van der Waals surface area contributed by atoms with E-state index < -0.39 is 72.7 Å². The van der Waals surface area contributed by atoms with Crippen molar-refractivity contribution in [3.8, 4) is 0 Å². The summed E-state index contributed by atoms with van der Waals surface area (Å²) in [5.74, 6) is 0. The third-order valence-electron chi connectivity index (χ3n) is 6.15. The van der Waals surface area contributed by atoms with Gasteiger partial charge in [-0.2, -0.15) is 0 Å². The van der Waals surface area contributed by atoms with Crippen LogP contribution in [-0.4, -0.2) is 71.8 Å². The average Bonchev–Trinajstić information content (AvgIpc) is 3.39. The highest BCUT2D eigenvalue weighted by Gasteiger charge is 2.42. The van der Waals surface area contributed by atoms with Gasteiger partial charge in [-0.3, -0.25) is 28.7 Å². The first-order valence-corrected chi connectivity index (χ1v) is 13.9. The molecule has 2 aromatic heterocycles. The maximum absolute atomic E-state index is 12.2. The van der Waals surface area contributed by atoms with E-state index in [0.717, 1.165) is 9.13 Å². The van der Waals surface area contributed by atoms with Gasteiger partial charge in [0.05, 0.1) is 25.4 Å². The van der Waals surface area contributed by atoms with Crippen LogP contribution in [0.2, 0.25) is 0 Å². The average molecular weight is 597 g/mol. The summed E-state index contributed by atoms with van der Waals surface area (Å²) in [5.41, 5.74) is -1.92. The van der Waals surface area contributed by atoms with Crippen LogP contribution in [0, 0.1) is 13.8 Å². The van der Waals surface area contributed by atoms with E-state index in [1.807, 2.05) is 0 Å². The number of aryl methyl sites for hydroxylation is 2. The van der Waals surface area contributed by atoms with Gasteiger partial charge in [-0.1, -0.05) is 7.43 Å². The largest absolute Gasteiger partial charge is 0.394 e. The Morgan fingerprint density at radius 2 is 1.49 bits per heavy atom. The lowest BCUT2D eigenvalue weighted by atomic mass is 10.2. The van der Waals surface area contributed by atoms with E-state index in [0.29, 0.717) is 0 Å². The van der Waals surface area contributed by atoms with E-state index in [-0.39, 0.29) is 44.2 Å². The molecule has 2 aliphatic heterocycles. The van der Waals surface area contributed by atoms with Crippen LogP contribution in [-0.2, 0) is 30.3 Å². The molecule has 0 aromatic carbocycles. The Balaban J connectivity index is 0.00000267. The first-order valence-electron chi connectivity index (χ1n) is 11.3. The summed E-state index contributed by atoms with van der Waals surface area (Å²) < 4.78 is 24.6. The van der Waals surface area contributed by atoms with Gasteiger partial charge in [0.2, 0.25) is 0 Å². The van der Waals surface area contributed by atoms with Gasteiger partial charge in [0.15, 0.2) is 0 Å². The molecule has 39 heavy (non-hydrogen) atoms. The highest BCUT2D eigenvalue weighted by Crippen LogP contribution is 2.49. The zero-order valence-electron chi connectivity index (χ0n) is 20.8. The molecule has 0 saturated carbocycles. The molecule has 2 aliphatic rings. The fraction of sp³-hybridized carbons (Fsp3) is 0.619. The second-order valence-corrected chi connectivity index (χ2v) is 11.6. The summed E-state index contributed by atoms with van der Waals surface area (Å²) in [4.78, 5) is 62.5. The normalized spacial score (nSPS) is 27.9. The Hall–Kier alpha value is -2.31. The molecule has 4 rings (SSSR count). The number of rotatable bonds is 8. The zero-order valence-corrected chi connectivity index (χ0v) is 22.5. The molecule has 16 nitrogen and oxygen atoms in total. The SMILES string of the molecule is C.Cc1cn([C@H]2CC(O)[C@@H](COP(O)(=S)OC3C[C@H](n4cc(C)c(=O)[nH]c4=O)O[C@@H]3CO)O2)c(=O)[nH]c1=O.[NH4+]. The summed E-state index contributed by atoms with van der Waals surface area (Å²) >= 11 is 5.09. The molecular weight excluding hydrogens is 561 g/mol. The number of aromatic nitrogens is 4. The topological polar surface area (TPSA) is 244 Å². The molecule has 2 saturated heterocycles. The number of nitrogens with one attached hydrogen (secondary N) is 2. The quantitative estimate of drug-likeness (QED) is 0.206. The van der Waals surface area contributed by atoms with Gasteiger partial charge < -0.3 is 39.8 Å². The van der Waals surface area contributed by atoms with Crippen LogP contribution < -0.4 is 28.6 Å². The minimum Gasteiger partial charge on any atom is -0.394 e. The zero-order chi connectivity index (χ0) is 27.1. The smallest absolute Gasteiger partial charge is 0.330 e. The van der Waals surface area contributed by atoms with E-state index in [1.165, 1.54) is 26.2 Å². The summed E-state index contributed by atoms with van der Waals surface area (Å²) in [5, 5.41) is 20.1. The summed E-state index contributed by atoms with van der Waals surface area (Å²) in [6.45, 7) is -1.79. The molecule has 18 heteroatoms. The van der Waals surface area contributed by atoms with Crippen LogP contribution >= 0.6 is 6.72 Å². The van der Waals surface area contributed by atoms with Gasteiger partial charge >= 0.3 is 18.1 Å². The first kappa shape index (κ1) is 32.9. The molecule has 0 radical (unpaired) electrons. The third-order valence-corrected chi connectivity index (χ3v) is 7.73. The summed E-state index contributed by atoms with van der Waals surface area (Å²) in [7, 11) is 0. The highest BCUT2D eigenvalue weighted by atomic mass is 32.5. The minimum absolute atomic E-state index is 0. The van der Waals surface area contributed by atoms with Crippen molar-refractivity contribution < 1.29 is 33.6 Å². The van der Waals surface area contributed by atoms with Gasteiger partial charge in [-0.05, 0) is 25.7 Å². The number of ether oxygens (including phenoxy) is 2. The monoisotopic (exact) mass is 596 g/mol. The van der Waals surface area contributed by atoms with Gasteiger partial charge in [0, 0.05) is 36.4 Å². The fourth-order valence-corrected chi connectivity index (χ4v) is 5.63. The summed E-state index contributed by atoms with van der Waals surface area (Å²) in [6.07, 6.45) is -3.05. The van der Waals surface area contributed by atoms with Crippen molar-refractivity contribution in [2.45, 2.75) is 71.0 Å². The third kappa shape index (κ3) is 7.26. The Morgan fingerprint density at radius 3 is 2.00 bits per heavy atom. The van der Waals surface area contributed by atoms with Crippen molar-refractivity contribution in [1.29, 1.82) is 0 Å². The Kier molecular flexibility index (Phi) is 10.9. The van der Waals surface area contributed by atoms with Crippen molar-refractivity contribution in [1.82, 2.24) is 25.3 Å². The fourth-order valence-electron chi connectivity index (χ4n) is 4.15. The molecule has 0 amide bonds. The van der Waals surface area contributed by atoms with Gasteiger partial charge in [0.25, 0.3) is 11.1 Å². The molecule has 0 bridgehead atoms. The van der Waals surface area contributed by atoms with Crippen LogP contribution in [0.5, 0.6) is 0 Å². The van der Waals surface area contributed by atoms with E-state index in [1.54, 1.807) is 0 Å². The number of hydrogen-bond donors (Lipinski definition) is 6. The molecule has 2 aromatic rings. The number of aromatic amines is 2. The lowest BCUT2D eigenvalue weighted by Crippen LogP contribution is -2.33. The van der Waals surface area contributed by atoms with Crippen molar-refractivity contribution in [3.05, 3.63) is 65.2 Å². The Morgan fingerprint density at radius 1 is 1.00 bits per heavy atom. The first-order chi connectivity index (χ1) is 17.4. The maximum atomic E-state index is 12.2. The van der Waals surface area contributed by atoms with Gasteiger partial charge in [-0.25, -0.2) is 9.59 Å². The van der Waals surface area contributed by atoms with Crippen LogP contribution in [0.3, 0.4) is 0 Å². The number of nitrogens with zero attached hydrogens (tertiary/aromatic N) is 2. The Labute approximate surface area is 227 Å². The number of aliphatic hydroxyl groups excluding tert-OH is 2. The van der Waals surface area contributed by atoms with Crippen LogP contribution in [0.4, 0.5) is 0 Å². The molecule has 7 atom stereocenters. The van der Waals surface area contributed by atoms with Gasteiger partial charge in [0.1, 0.15) is 24.7 Å². The number of quaternary nitrogens is 1. The maximum Gasteiger partial charge on any atom is 0.330 e. The van der Waals surface area contributed by atoms with Crippen LogP contribution in [0.15, 0.2) is 31.6 Å². The molecule has 0 aliphatic carbocycles. The minimum atomic E-state index is -3.94. The van der Waals surface area contributed by atoms with Crippen LogP contribution in [0.25, 0.3) is 0 Å². The number of hydrogen-bond acceptors (Lipinski definition) is 11. The molecule has 4 heterocycles. The molecule has 220 valence electrons. The standard InChI is InChI=1S/C20H27N4O11PS.CH4.H3N/c1-9-5-23(19(29)21-17(9)27)15-3-11(26)14(34-15)8-32-36(31,37)35-12-4-16(33-13(12)7-25)24-6-10(2)18(28)22-20(24)30;;/h5-6,11-16,25-26H,3-4,7-8H2,1-2H3,(H,31,37)(H,21,27,29)(H,22,28,30);1H4;1H3/p+1/t11?,12?,13-,14-,15-,16-,36?;;/m1../s1. The number of H-pyrrole nitrogens is 2. The second-order valence-electron chi connectivity index (χ2n) is 8.85. The number of aliphatic hydroxyl groups is 2. The molecule has 2 fully saturated rings. The summed E-state index contributed by atoms with van der Waals surface area (Å²) in [6, 6.07) is 0. The van der Waals surface area contributed by atoms with Crippen molar-refractivity contribution in [2.75, 3.05) is 13.2 Å². The molecule has 0 spiro atoms. The molecule has 9 N–H and O–H groups in total. The van der Waals surface area contributed by atoms with Crippen LogP contribution in [0.1, 0.15) is 43.9 Å². The van der Waals surface area contributed by atoms with E-state index in [9.17, 15) is 34.3 Å². The molecular formula is C21H35N5O11PS+. The van der Waals surface area contributed by atoms with E-state index >= 15 is 0 Å².